The van der Waals surface area contributed by atoms with Crippen LogP contribution < -0.4 is 0 Å². The Bertz CT molecular complexity index is 846. The highest BCUT2D eigenvalue weighted by Crippen LogP contribution is 2.22. The molecule has 2 heterocycles. The van der Waals surface area contributed by atoms with E-state index >= 15 is 0 Å². The SMILES string of the molecule is C=CCn1c(-c2ccccc2)nn(CN2C[C@H](O)C[C@H]2C(=O)OC)c1=S. The van der Waals surface area contributed by atoms with Crippen molar-refractivity contribution < 1.29 is 14.6 Å². The molecule has 3 rings (SSSR count). The monoisotopic (exact) mass is 374 g/mol. The van der Waals surface area contributed by atoms with E-state index in [2.05, 4.69) is 11.7 Å². The summed E-state index contributed by atoms with van der Waals surface area (Å²) >= 11 is 5.59. The number of β-amino-alcohol motifs (C(OH)–C–C–N with tert-alkyl or cyclic N) is 1. The molecule has 0 aliphatic carbocycles. The molecule has 0 amide bonds. The predicted octanol–water partition coefficient (Wildman–Crippen LogP) is 1.83. The number of aliphatic hydroxyl groups excluding tert-OH is 1. The average molecular weight is 374 g/mol. The van der Waals surface area contributed by atoms with Crippen LogP contribution in [0.2, 0.25) is 0 Å². The molecule has 8 heteroatoms. The Morgan fingerprint density at radius 2 is 2.19 bits per heavy atom. The molecule has 0 unspecified atom stereocenters. The van der Waals surface area contributed by atoms with E-state index in [1.54, 1.807) is 10.8 Å². The van der Waals surface area contributed by atoms with Gasteiger partial charge in [0, 0.05) is 25.1 Å². The fourth-order valence-corrected chi connectivity index (χ4v) is 3.48. The minimum Gasteiger partial charge on any atom is -0.468 e. The number of allylic oxidation sites excluding steroid dienone is 1. The first-order valence-corrected chi connectivity index (χ1v) is 8.80. The van der Waals surface area contributed by atoms with Gasteiger partial charge >= 0.3 is 5.97 Å². The number of benzene rings is 1. The smallest absolute Gasteiger partial charge is 0.323 e. The van der Waals surface area contributed by atoms with Crippen molar-refractivity contribution in [3.63, 3.8) is 0 Å². The van der Waals surface area contributed by atoms with Gasteiger partial charge in [0.05, 0.1) is 19.9 Å². The van der Waals surface area contributed by atoms with E-state index in [9.17, 15) is 9.90 Å². The van der Waals surface area contributed by atoms with Crippen LogP contribution in [0.5, 0.6) is 0 Å². The van der Waals surface area contributed by atoms with Gasteiger partial charge in [-0.15, -0.1) is 6.58 Å². The zero-order valence-corrected chi connectivity index (χ0v) is 15.4. The topological polar surface area (TPSA) is 72.5 Å². The highest BCUT2D eigenvalue weighted by atomic mass is 32.1. The highest BCUT2D eigenvalue weighted by molar-refractivity contribution is 7.71. The zero-order chi connectivity index (χ0) is 18.7. The van der Waals surface area contributed by atoms with Crippen molar-refractivity contribution in [1.29, 1.82) is 0 Å². The van der Waals surface area contributed by atoms with Gasteiger partial charge in [0.25, 0.3) is 0 Å². The Balaban J connectivity index is 1.94. The Morgan fingerprint density at radius 3 is 2.85 bits per heavy atom. The largest absolute Gasteiger partial charge is 0.468 e. The van der Waals surface area contributed by atoms with Crippen molar-refractivity contribution in [3.8, 4) is 11.4 Å². The molecule has 1 aliphatic rings. The molecule has 1 aromatic carbocycles. The number of carbonyl (C=O) groups is 1. The molecule has 0 radical (unpaired) electrons. The molecule has 7 nitrogen and oxygen atoms in total. The van der Waals surface area contributed by atoms with Gasteiger partial charge in [-0.05, 0) is 12.2 Å². The molecule has 26 heavy (non-hydrogen) atoms. The number of likely N-dealkylation sites (tertiary alicyclic amines) is 1. The van der Waals surface area contributed by atoms with Crippen LogP contribution in [0.25, 0.3) is 11.4 Å². The van der Waals surface area contributed by atoms with Crippen LogP contribution in [0.1, 0.15) is 6.42 Å². The number of esters is 1. The van der Waals surface area contributed by atoms with E-state index in [1.165, 1.54) is 7.11 Å². The summed E-state index contributed by atoms with van der Waals surface area (Å²) < 4.78 is 8.96. The van der Waals surface area contributed by atoms with Gasteiger partial charge in [0.1, 0.15) is 6.04 Å². The molecule has 2 aromatic rings. The normalized spacial score (nSPS) is 20.2. The Kier molecular flexibility index (Phi) is 5.65. The van der Waals surface area contributed by atoms with Gasteiger partial charge in [0.2, 0.25) is 0 Å². The fraction of sp³-hybridized carbons (Fsp3) is 0.389. The summed E-state index contributed by atoms with van der Waals surface area (Å²) in [5.41, 5.74) is 0.949. The summed E-state index contributed by atoms with van der Waals surface area (Å²) in [6.45, 7) is 5.00. The standard InChI is InChI=1S/C18H22N4O3S/c1-3-9-21-16(13-7-5-4-6-8-13)19-22(18(21)26)12-20-11-14(23)10-15(20)17(24)25-2/h3-8,14-15,23H,1,9-12H2,2H3/t14-,15+/m1/s1. The number of rotatable bonds is 6. The van der Waals surface area contributed by atoms with Crippen LogP contribution in [0.15, 0.2) is 43.0 Å². The molecule has 2 atom stereocenters. The quantitative estimate of drug-likeness (QED) is 0.473. The number of aliphatic hydroxyl groups is 1. The van der Waals surface area contributed by atoms with Gasteiger partial charge in [0.15, 0.2) is 10.6 Å². The van der Waals surface area contributed by atoms with Crippen LogP contribution in [-0.4, -0.2) is 56.1 Å². The van der Waals surface area contributed by atoms with Crippen molar-refractivity contribution in [2.24, 2.45) is 0 Å². The predicted molar refractivity (Wildman–Crippen MR) is 99.8 cm³/mol. The third kappa shape index (κ3) is 3.62. The van der Waals surface area contributed by atoms with E-state index in [4.69, 9.17) is 17.0 Å². The lowest BCUT2D eigenvalue weighted by atomic mass is 10.2. The third-order valence-corrected chi connectivity index (χ3v) is 4.87. The lowest BCUT2D eigenvalue weighted by molar-refractivity contribution is -0.146. The van der Waals surface area contributed by atoms with Crippen molar-refractivity contribution in [2.75, 3.05) is 13.7 Å². The Morgan fingerprint density at radius 1 is 1.46 bits per heavy atom. The summed E-state index contributed by atoms with van der Waals surface area (Å²) in [4.78, 5) is 13.8. The molecule has 1 saturated heterocycles. The maximum atomic E-state index is 12.0. The molecule has 1 N–H and O–H groups in total. The van der Waals surface area contributed by atoms with Crippen LogP contribution in [0.4, 0.5) is 0 Å². The van der Waals surface area contributed by atoms with Crippen molar-refractivity contribution in [2.45, 2.75) is 31.8 Å². The number of nitrogens with zero attached hydrogens (tertiary/aromatic N) is 4. The van der Waals surface area contributed by atoms with Crippen LogP contribution in [-0.2, 0) is 22.7 Å². The molecule has 138 valence electrons. The fourth-order valence-electron chi connectivity index (χ4n) is 3.22. The van der Waals surface area contributed by atoms with Gasteiger partial charge in [-0.1, -0.05) is 36.4 Å². The molecule has 1 fully saturated rings. The first-order chi connectivity index (χ1) is 12.5. The number of ether oxygens (including phenoxy) is 1. The van der Waals surface area contributed by atoms with Crippen molar-refractivity contribution in [3.05, 3.63) is 47.8 Å². The zero-order valence-electron chi connectivity index (χ0n) is 14.6. The van der Waals surface area contributed by atoms with E-state index in [0.717, 1.165) is 11.4 Å². The molecule has 0 bridgehead atoms. The number of methoxy groups -OCH3 is 1. The summed E-state index contributed by atoms with van der Waals surface area (Å²) in [5, 5.41) is 14.6. The lowest BCUT2D eigenvalue weighted by Gasteiger charge is -2.21. The first-order valence-electron chi connectivity index (χ1n) is 8.39. The summed E-state index contributed by atoms with van der Waals surface area (Å²) in [7, 11) is 1.35. The van der Waals surface area contributed by atoms with Gasteiger partial charge in [-0.2, -0.15) is 5.10 Å². The van der Waals surface area contributed by atoms with Crippen molar-refractivity contribution >= 4 is 18.2 Å². The summed E-state index contributed by atoms with van der Waals surface area (Å²) in [6, 6.07) is 9.27. The number of hydrogen-bond donors (Lipinski definition) is 1. The minimum absolute atomic E-state index is 0.305. The second-order valence-electron chi connectivity index (χ2n) is 6.21. The van der Waals surface area contributed by atoms with E-state index in [1.807, 2.05) is 39.8 Å². The highest BCUT2D eigenvalue weighted by Gasteiger charge is 2.37. The lowest BCUT2D eigenvalue weighted by Crippen LogP contribution is -2.38. The maximum absolute atomic E-state index is 12.0. The van der Waals surface area contributed by atoms with Gasteiger partial charge < -0.3 is 9.84 Å². The van der Waals surface area contributed by atoms with Gasteiger partial charge in [-0.25, -0.2) is 4.68 Å². The Hall–Kier alpha value is -2.29. The van der Waals surface area contributed by atoms with Crippen LogP contribution in [0, 0.1) is 4.77 Å². The van der Waals surface area contributed by atoms with Gasteiger partial charge in [-0.3, -0.25) is 14.3 Å². The second-order valence-corrected chi connectivity index (χ2v) is 6.58. The second kappa shape index (κ2) is 7.94. The summed E-state index contributed by atoms with van der Waals surface area (Å²) in [5.74, 6) is 0.381. The number of aromatic nitrogens is 3. The average Bonchev–Trinajstić information content (AvgIpc) is 3.17. The number of hydrogen-bond acceptors (Lipinski definition) is 6. The van der Waals surface area contributed by atoms with Crippen LogP contribution >= 0.6 is 12.2 Å². The molecule has 1 aromatic heterocycles. The molecular weight excluding hydrogens is 352 g/mol. The minimum atomic E-state index is -0.572. The van der Waals surface area contributed by atoms with E-state index in [0.29, 0.717) is 31.0 Å². The third-order valence-electron chi connectivity index (χ3n) is 4.44. The number of carbonyl (C=O) groups excluding carboxylic acids is 1. The maximum Gasteiger partial charge on any atom is 0.323 e. The summed E-state index contributed by atoms with van der Waals surface area (Å²) in [6.07, 6.45) is 1.54. The molecule has 0 saturated carbocycles. The molecular formula is C18H22N4O3S. The molecule has 0 spiro atoms. The Labute approximate surface area is 157 Å². The van der Waals surface area contributed by atoms with Crippen LogP contribution in [0.3, 0.4) is 0 Å². The van der Waals surface area contributed by atoms with E-state index < -0.39 is 12.1 Å². The van der Waals surface area contributed by atoms with Crippen molar-refractivity contribution in [1.82, 2.24) is 19.2 Å². The molecule has 1 aliphatic heterocycles. The first kappa shape index (κ1) is 18.5. The van der Waals surface area contributed by atoms with E-state index in [-0.39, 0.29) is 5.97 Å².